The summed E-state index contributed by atoms with van der Waals surface area (Å²) in [4.78, 5) is 11.8. The Morgan fingerprint density at radius 2 is 1.84 bits per heavy atom. The van der Waals surface area contributed by atoms with Gasteiger partial charge in [0.2, 0.25) is 0 Å². The molecule has 1 fully saturated rings. The second-order valence-electron chi connectivity index (χ2n) is 4.90. The van der Waals surface area contributed by atoms with Crippen molar-refractivity contribution < 1.29 is 14.3 Å². The van der Waals surface area contributed by atoms with E-state index in [1.165, 1.54) is 12.7 Å². The van der Waals surface area contributed by atoms with Gasteiger partial charge in [-0.05, 0) is 31.1 Å². The zero-order valence-electron chi connectivity index (χ0n) is 11.3. The molecule has 0 atom stereocenters. The first-order valence-corrected chi connectivity index (χ1v) is 6.75. The first-order valence-electron chi connectivity index (χ1n) is 6.75. The molecule has 1 aromatic carbocycles. The van der Waals surface area contributed by atoms with Gasteiger partial charge in [0.25, 0.3) is 0 Å². The number of methoxy groups -OCH3 is 1. The van der Waals surface area contributed by atoms with Crippen LogP contribution in [0.2, 0.25) is 0 Å². The number of benzene rings is 1. The Hall–Kier alpha value is -1.61. The van der Waals surface area contributed by atoms with Crippen molar-refractivity contribution in [3.05, 3.63) is 48.2 Å². The van der Waals surface area contributed by atoms with Crippen molar-refractivity contribution in [2.45, 2.75) is 37.7 Å². The van der Waals surface area contributed by atoms with Gasteiger partial charge >= 0.3 is 5.97 Å². The smallest absolute Gasteiger partial charge is 0.342 e. The van der Waals surface area contributed by atoms with E-state index in [2.05, 4.69) is 0 Å². The highest BCUT2D eigenvalue weighted by Gasteiger charge is 2.29. The van der Waals surface area contributed by atoms with E-state index >= 15 is 0 Å². The maximum Gasteiger partial charge on any atom is 0.342 e. The van der Waals surface area contributed by atoms with Crippen LogP contribution in [0.25, 0.3) is 0 Å². The molecule has 0 saturated heterocycles. The number of ether oxygens (including phenoxy) is 2. The fourth-order valence-corrected chi connectivity index (χ4v) is 2.45. The number of esters is 1. The zero-order chi connectivity index (χ0) is 13.6. The normalized spacial score (nSPS) is 18.4. The quantitative estimate of drug-likeness (QED) is 0.611. The van der Waals surface area contributed by atoms with Crippen LogP contribution < -0.4 is 0 Å². The summed E-state index contributed by atoms with van der Waals surface area (Å²) in [6.45, 7) is 0. The summed E-state index contributed by atoms with van der Waals surface area (Å²) in [5.41, 5.74) is 0.303. The molecule has 1 aromatic rings. The molecule has 1 saturated carbocycles. The molecule has 102 valence electrons. The van der Waals surface area contributed by atoms with E-state index in [1.807, 2.05) is 24.3 Å². The molecule has 19 heavy (non-hydrogen) atoms. The third-order valence-corrected chi connectivity index (χ3v) is 3.66. The van der Waals surface area contributed by atoms with Crippen molar-refractivity contribution in [2.75, 3.05) is 7.11 Å². The van der Waals surface area contributed by atoms with Crippen molar-refractivity contribution >= 4 is 5.97 Å². The van der Waals surface area contributed by atoms with Gasteiger partial charge in [0.05, 0.1) is 17.4 Å². The summed E-state index contributed by atoms with van der Waals surface area (Å²) >= 11 is 0. The molecule has 3 heteroatoms. The molecular formula is C16H20O3. The highest BCUT2D eigenvalue weighted by Crippen LogP contribution is 2.32. The molecule has 0 spiro atoms. The maximum absolute atomic E-state index is 11.8. The minimum atomic E-state index is -0.334. The number of carbonyl (C=O) groups is 1. The SMILES string of the molecule is COC1(/C=C\OC(=O)c2ccccc2)CCCCC1. The van der Waals surface area contributed by atoms with Gasteiger partial charge in [0.1, 0.15) is 0 Å². The molecule has 3 nitrogen and oxygen atoms in total. The number of hydrogen-bond donors (Lipinski definition) is 0. The van der Waals surface area contributed by atoms with Crippen LogP contribution in [-0.2, 0) is 9.47 Å². The Balaban J connectivity index is 1.93. The van der Waals surface area contributed by atoms with Gasteiger partial charge in [-0.1, -0.05) is 37.5 Å². The van der Waals surface area contributed by atoms with Gasteiger partial charge in [0, 0.05) is 7.11 Å². The average Bonchev–Trinajstić information content (AvgIpc) is 2.49. The maximum atomic E-state index is 11.8. The van der Waals surface area contributed by atoms with Crippen LogP contribution in [0.3, 0.4) is 0 Å². The van der Waals surface area contributed by atoms with Crippen molar-refractivity contribution in [3.63, 3.8) is 0 Å². The van der Waals surface area contributed by atoms with Gasteiger partial charge in [-0.2, -0.15) is 0 Å². The van der Waals surface area contributed by atoms with Crippen molar-refractivity contribution in [2.24, 2.45) is 0 Å². The molecule has 0 radical (unpaired) electrons. The van der Waals surface area contributed by atoms with E-state index in [4.69, 9.17) is 9.47 Å². The average molecular weight is 260 g/mol. The van der Waals surface area contributed by atoms with E-state index in [0.29, 0.717) is 5.56 Å². The lowest BCUT2D eigenvalue weighted by atomic mass is 9.85. The summed E-state index contributed by atoms with van der Waals surface area (Å²) in [5.74, 6) is -0.334. The van der Waals surface area contributed by atoms with Gasteiger partial charge in [-0.25, -0.2) is 4.79 Å². The second-order valence-corrected chi connectivity index (χ2v) is 4.90. The van der Waals surface area contributed by atoms with Crippen molar-refractivity contribution in [3.8, 4) is 0 Å². The van der Waals surface area contributed by atoms with Crippen LogP contribution in [0.5, 0.6) is 0 Å². The highest BCUT2D eigenvalue weighted by molar-refractivity contribution is 5.89. The van der Waals surface area contributed by atoms with Crippen LogP contribution in [-0.4, -0.2) is 18.7 Å². The van der Waals surface area contributed by atoms with Crippen LogP contribution in [0.15, 0.2) is 42.7 Å². The van der Waals surface area contributed by atoms with Crippen molar-refractivity contribution in [1.82, 2.24) is 0 Å². The van der Waals surface area contributed by atoms with Gasteiger partial charge in [-0.3, -0.25) is 0 Å². The van der Waals surface area contributed by atoms with Crippen molar-refractivity contribution in [1.29, 1.82) is 0 Å². The van der Waals surface area contributed by atoms with Gasteiger partial charge in [0.15, 0.2) is 0 Å². The van der Waals surface area contributed by atoms with E-state index in [9.17, 15) is 4.79 Å². The fraction of sp³-hybridized carbons (Fsp3) is 0.438. The summed E-state index contributed by atoms with van der Waals surface area (Å²) in [5, 5.41) is 0. The number of hydrogen-bond acceptors (Lipinski definition) is 3. The van der Waals surface area contributed by atoms with Crippen LogP contribution in [0.4, 0.5) is 0 Å². The molecule has 0 aliphatic heterocycles. The Bertz CT molecular complexity index is 431. The molecule has 1 aliphatic carbocycles. The first-order chi connectivity index (χ1) is 9.26. The third kappa shape index (κ3) is 3.67. The predicted octanol–water partition coefficient (Wildman–Crippen LogP) is 3.71. The molecule has 0 unspecified atom stereocenters. The first kappa shape index (κ1) is 13.8. The van der Waals surface area contributed by atoms with E-state index < -0.39 is 0 Å². The summed E-state index contributed by atoms with van der Waals surface area (Å²) < 4.78 is 10.7. The lowest BCUT2D eigenvalue weighted by Crippen LogP contribution is -2.31. The fourth-order valence-electron chi connectivity index (χ4n) is 2.45. The second kappa shape index (κ2) is 6.53. The van der Waals surface area contributed by atoms with E-state index in [0.717, 1.165) is 25.7 Å². The van der Waals surface area contributed by atoms with Gasteiger partial charge in [-0.15, -0.1) is 0 Å². The minimum absolute atomic E-state index is 0.255. The summed E-state index contributed by atoms with van der Waals surface area (Å²) in [7, 11) is 1.72. The predicted molar refractivity (Wildman–Crippen MR) is 73.8 cm³/mol. The molecule has 0 amide bonds. The monoisotopic (exact) mass is 260 g/mol. The van der Waals surface area contributed by atoms with Crippen LogP contribution in [0, 0.1) is 0 Å². The Kier molecular flexibility index (Phi) is 4.74. The van der Waals surface area contributed by atoms with Crippen LogP contribution >= 0.6 is 0 Å². The Morgan fingerprint density at radius 3 is 2.47 bits per heavy atom. The van der Waals surface area contributed by atoms with Crippen LogP contribution in [0.1, 0.15) is 42.5 Å². The number of rotatable bonds is 4. The van der Waals surface area contributed by atoms with E-state index in [-0.39, 0.29) is 11.6 Å². The third-order valence-electron chi connectivity index (χ3n) is 3.66. The molecule has 0 aromatic heterocycles. The molecule has 0 bridgehead atoms. The Labute approximate surface area is 114 Å². The minimum Gasteiger partial charge on any atom is -0.431 e. The summed E-state index contributed by atoms with van der Waals surface area (Å²) in [6.07, 6.45) is 8.90. The lowest BCUT2D eigenvalue weighted by molar-refractivity contribution is 0.000122. The lowest BCUT2D eigenvalue weighted by Gasteiger charge is -2.32. The standard InChI is InChI=1S/C16H20O3/c1-18-16(10-6-3-7-11-16)12-13-19-15(17)14-8-4-2-5-9-14/h2,4-5,8-9,12-13H,3,6-7,10-11H2,1H3/b13-12-. The topological polar surface area (TPSA) is 35.5 Å². The molecular weight excluding hydrogens is 240 g/mol. The van der Waals surface area contributed by atoms with E-state index in [1.54, 1.807) is 19.2 Å². The molecule has 0 N–H and O–H groups in total. The summed E-state index contributed by atoms with van der Waals surface area (Å²) in [6, 6.07) is 8.98. The molecule has 1 aliphatic rings. The number of carbonyl (C=O) groups excluding carboxylic acids is 1. The zero-order valence-corrected chi connectivity index (χ0v) is 11.3. The molecule has 2 rings (SSSR count). The molecule has 0 heterocycles. The largest absolute Gasteiger partial charge is 0.431 e. The highest BCUT2D eigenvalue weighted by atomic mass is 16.5. The Morgan fingerprint density at radius 1 is 1.16 bits per heavy atom. The van der Waals surface area contributed by atoms with Gasteiger partial charge < -0.3 is 9.47 Å².